The normalized spacial score (nSPS) is 21.6. The number of carboxylic acid groups (broad SMARTS) is 1. The Morgan fingerprint density at radius 3 is 2.23 bits per heavy atom. The summed E-state index contributed by atoms with van der Waals surface area (Å²) in [6.45, 7) is 3.24. The second-order valence-corrected chi connectivity index (χ2v) is 12.6. The lowest BCUT2D eigenvalue weighted by atomic mass is 9.95. The summed E-state index contributed by atoms with van der Waals surface area (Å²) in [5, 5.41) is 12.2. The molecule has 0 saturated carbocycles. The van der Waals surface area contributed by atoms with Gasteiger partial charge in [-0.1, -0.05) is 17.7 Å². The molecule has 40 heavy (non-hydrogen) atoms. The van der Waals surface area contributed by atoms with Crippen molar-refractivity contribution in [1.29, 1.82) is 0 Å². The van der Waals surface area contributed by atoms with Gasteiger partial charge in [-0.3, -0.25) is 24.1 Å². The fourth-order valence-electron chi connectivity index (χ4n) is 5.54. The van der Waals surface area contributed by atoms with Crippen molar-refractivity contribution < 1.29 is 37.5 Å². The van der Waals surface area contributed by atoms with Crippen molar-refractivity contribution in [2.24, 2.45) is 5.92 Å². The van der Waals surface area contributed by atoms with Gasteiger partial charge in [-0.25, -0.2) is 13.2 Å². The Bertz CT molecular complexity index is 1240. The largest absolute Gasteiger partial charge is 0.480 e. The Kier molecular flexibility index (Phi) is 9.24. The summed E-state index contributed by atoms with van der Waals surface area (Å²) in [5.41, 5.74) is 0.896. The molecule has 218 valence electrons. The second-order valence-electron chi connectivity index (χ2n) is 10.7. The van der Waals surface area contributed by atoms with E-state index in [-0.39, 0.29) is 67.2 Å². The Balaban J connectivity index is 1.28. The van der Waals surface area contributed by atoms with Crippen molar-refractivity contribution in [2.75, 3.05) is 26.2 Å². The fraction of sp³-hybridized carbons (Fsp3) is 0.593. The Hall–Kier alpha value is -3.32. The van der Waals surface area contributed by atoms with Crippen LogP contribution in [0.3, 0.4) is 0 Å². The Morgan fingerprint density at radius 2 is 1.62 bits per heavy atom. The maximum atomic E-state index is 13.2. The van der Waals surface area contributed by atoms with Crippen LogP contribution in [-0.4, -0.2) is 95.5 Å². The first-order valence-corrected chi connectivity index (χ1v) is 15.1. The molecule has 0 spiro atoms. The number of carboxylic acids is 1. The fourth-order valence-corrected chi connectivity index (χ4v) is 7.19. The number of piperidine rings is 1. The molecule has 0 unspecified atom stereocenters. The van der Waals surface area contributed by atoms with Gasteiger partial charge in [-0.2, -0.15) is 4.31 Å². The minimum atomic E-state index is -3.94. The zero-order valence-corrected chi connectivity index (χ0v) is 23.4. The summed E-state index contributed by atoms with van der Waals surface area (Å²) in [6.07, 6.45) is 2.28. The van der Waals surface area contributed by atoms with Gasteiger partial charge < -0.3 is 15.3 Å². The van der Waals surface area contributed by atoms with Gasteiger partial charge in [-0.15, -0.1) is 0 Å². The number of hydrogen-bond acceptors (Lipinski definition) is 7. The van der Waals surface area contributed by atoms with Crippen LogP contribution >= 0.6 is 0 Å². The molecule has 3 saturated heterocycles. The van der Waals surface area contributed by atoms with Crippen LogP contribution in [0, 0.1) is 12.8 Å². The molecule has 1 aromatic rings. The number of aliphatic carboxylic acids is 1. The molecular formula is C27H36N4O8S. The predicted octanol–water partition coefficient (Wildman–Crippen LogP) is 0.885. The first-order chi connectivity index (χ1) is 19.0. The molecular weight excluding hydrogens is 540 g/mol. The van der Waals surface area contributed by atoms with E-state index in [1.165, 1.54) is 17.0 Å². The maximum Gasteiger partial charge on any atom is 0.326 e. The minimum absolute atomic E-state index is 0.0700. The third kappa shape index (κ3) is 6.69. The van der Waals surface area contributed by atoms with Crippen LogP contribution in [0.5, 0.6) is 0 Å². The van der Waals surface area contributed by atoms with Gasteiger partial charge in [0.25, 0.3) is 0 Å². The van der Waals surface area contributed by atoms with Crippen molar-refractivity contribution in [3.05, 3.63) is 29.8 Å². The third-order valence-corrected chi connectivity index (χ3v) is 9.88. The molecule has 0 radical (unpaired) electrons. The molecule has 3 aliphatic heterocycles. The number of benzene rings is 1. The highest BCUT2D eigenvalue weighted by molar-refractivity contribution is 7.89. The molecule has 3 aliphatic rings. The number of hydrogen-bond donors (Lipinski definition) is 2. The topological polar surface area (TPSA) is 161 Å². The molecule has 3 heterocycles. The van der Waals surface area contributed by atoms with E-state index in [2.05, 4.69) is 5.32 Å². The lowest BCUT2D eigenvalue weighted by Gasteiger charge is -2.33. The highest BCUT2D eigenvalue weighted by Gasteiger charge is 2.40. The summed E-state index contributed by atoms with van der Waals surface area (Å²) in [4.78, 5) is 64.5. The molecule has 0 bridgehead atoms. The van der Waals surface area contributed by atoms with Crippen LogP contribution in [-0.2, 0) is 34.0 Å². The summed E-state index contributed by atoms with van der Waals surface area (Å²) in [7, 11) is -3.94. The number of sulfonamides is 1. The molecule has 13 heteroatoms. The molecule has 4 rings (SSSR count). The van der Waals surface area contributed by atoms with E-state index < -0.39 is 34.0 Å². The lowest BCUT2D eigenvalue weighted by Crippen LogP contribution is -2.51. The molecule has 2 N–H and O–H groups in total. The average molecular weight is 577 g/mol. The molecule has 12 nitrogen and oxygen atoms in total. The van der Waals surface area contributed by atoms with E-state index >= 15 is 0 Å². The Labute approximate surface area is 233 Å². The number of rotatable bonds is 10. The highest BCUT2D eigenvalue weighted by Crippen LogP contribution is 2.27. The highest BCUT2D eigenvalue weighted by atomic mass is 32.2. The predicted molar refractivity (Wildman–Crippen MR) is 142 cm³/mol. The van der Waals surface area contributed by atoms with Crippen LogP contribution in [0.4, 0.5) is 0 Å². The van der Waals surface area contributed by atoms with Crippen molar-refractivity contribution >= 4 is 39.6 Å². The van der Waals surface area contributed by atoms with E-state index in [4.69, 9.17) is 0 Å². The standard InChI is InChI=1S/C27H36N4O8S/c1-18-4-6-20(7-5-18)40(38,39)31-14-2-3-22(31)26(35)28-21(27(36)37)8-9-23(32)29-15-12-19(13-16-29)17-30-24(33)10-11-25(30)34/h4-7,19,21-22H,2-3,8-17H2,1H3,(H,28,35)(H,36,37)/t21-,22-/m0/s1. The number of amides is 4. The van der Waals surface area contributed by atoms with Crippen molar-refractivity contribution in [3.63, 3.8) is 0 Å². The minimum Gasteiger partial charge on any atom is -0.480 e. The van der Waals surface area contributed by atoms with Crippen molar-refractivity contribution in [3.8, 4) is 0 Å². The summed E-state index contributed by atoms with van der Waals surface area (Å²) in [5.74, 6) is -2.42. The summed E-state index contributed by atoms with van der Waals surface area (Å²) in [6, 6.07) is 3.94. The summed E-state index contributed by atoms with van der Waals surface area (Å²) >= 11 is 0. The van der Waals surface area contributed by atoms with E-state index in [1.807, 2.05) is 6.92 Å². The number of likely N-dealkylation sites (tertiary alicyclic amines) is 2. The molecule has 0 aromatic heterocycles. The van der Waals surface area contributed by atoms with Gasteiger partial charge in [0, 0.05) is 45.4 Å². The van der Waals surface area contributed by atoms with Crippen molar-refractivity contribution in [2.45, 2.75) is 75.3 Å². The maximum absolute atomic E-state index is 13.2. The van der Waals surface area contributed by atoms with E-state index in [0.29, 0.717) is 38.9 Å². The van der Waals surface area contributed by atoms with Gasteiger partial charge in [0.15, 0.2) is 0 Å². The number of nitrogens with zero attached hydrogens (tertiary/aromatic N) is 3. The third-order valence-electron chi connectivity index (χ3n) is 7.96. The average Bonchev–Trinajstić information content (AvgIpc) is 3.55. The monoisotopic (exact) mass is 576 g/mol. The zero-order chi connectivity index (χ0) is 29.0. The zero-order valence-electron chi connectivity index (χ0n) is 22.6. The van der Waals surface area contributed by atoms with E-state index in [1.54, 1.807) is 17.0 Å². The first kappa shape index (κ1) is 29.7. The number of nitrogens with one attached hydrogen (secondary N) is 1. The Morgan fingerprint density at radius 1 is 1.00 bits per heavy atom. The number of carbonyl (C=O) groups is 5. The van der Waals surface area contributed by atoms with Crippen LogP contribution in [0.25, 0.3) is 0 Å². The van der Waals surface area contributed by atoms with E-state index in [0.717, 1.165) is 9.87 Å². The first-order valence-electron chi connectivity index (χ1n) is 13.7. The van der Waals surface area contributed by atoms with Crippen LogP contribution < -0.4 is 5.32 Å². The SMILES string of the molecule is Cc1ccc(S(=O)(=O)N2CCC[C@H]2C(=O)N[C@@H](CCC(=O)N2CCC(CN3C(=O)CCC3=O)CC2)C(=O)O)cc1. The molecule has 1 aromatic carbocycles. The molecule has 0 aliphatic carbocycles. The van der Waals surface area contributed by atoms with Gasteiger partial charge in [0.05, 0.1) is 4.90 Å². The number of imide groups is 1. The lowest BCUT2D eigenvalue weighted by molar-refractivity contribution is -0.143. The van der Waals surface area contributed by atoms with Gasteiger partial charge in [0.1, 0.15) is 12.1 Å². The number of aryl methyl sites for hydroxylation is 1. The second kappa shape index (κ2) is 12.5. The molecule has 2 atom stereocenters. The van der Waals surface area contributed by atoms with Crippen molar-refractivity contribution in [1.82, 2.24) is 19.4 Å². The molecule has 4 amide bonds. The van der Waals surface area contributed by atoms with E-state index in [9.17, 15) is 37.5 Å². The van der Waals surface area contributed by atoms with Gasteiger partial charge >= 0.3 is 5.97 Å². The van der Waals surface area contributed by atoms with Crippen LogP contribution in [0.2, 0.25) is 0 Å². The van der Waals surface area contributed by atoms with Crippen LogP contribution in [0.1, 0.15) is 56.9 Å². The summed E-state index contributed by atoms with van der Waals surface area (Å²) < 4.78 is 27.4. The smallest absolute Gasteiger partial charge is 0.326 e. The quantitative estimate of drug-likeness (QED) is 0.388. The molecule has 3 fully saturated rings. The van der Waals surface area contributed by atoms with Crippen LogP contribution in [0.15, 0.2) is 29.2 Å². The van der Waals surface area contributed by atoms with Gasteiger partial charge in [-0.05, 0) is 57.1 Å². The number of carbonyl (C=O) groups excluding carboxylic acids is 4. The van der Waals surface area contributed by atoms with Gasteiger partial charge in [0.2, 0.25) is 33.7 Å².